The summed E-state index contributed by atoms with van der Waals surface area (Å²) in [7, 11) is 0. The molecule has 0 amide bonds. The van der Waals surface area contributed by atoms with Crippen LogP contribution in [0.1, 0.15) is 5.56 Å². The monoisotopic (exact) mass is 281 g/mol. The van der Waals surface area contributed by atoms with Gasteiger partial charge in [-0.25, -0.2) is 0 Å². The molecule has 20 heavy (non-hydrogen) atoms. The standard InChI is InChI=1S/C17H12ClNO/c18-15-7-3-4-8-16(15)19-11-14-13-6-2-1-5-12(13)9-10-17(14)20/h1-11,20H. The van der Waals surface area contributed by atoms with Crippen molar-refractivity contribution in [3.63, 3.8) is 0 Å². The van der Waals surface area contributed by atoms with Gasteiger partial charge in [-0.2, -0.15) is 0 Å². The summed E-state index contributed by atoms with van der Waals surface area (Å²) in [6, 6.07) is 18.8. The topological polar surface area (TPSA) is 32.6 Å². The number of halogens is 1. The van der Waals surface area contributed by atoms with Gasteiger partial charge < -0.3 is 5.11 Å². The summed E-state index contributed by atoms with van der Waals surface area (Å²) in [6.07, 6.45) is 1.65. The first-order valence-corrected chi connectivity index (χ1v) is 6.63. The van der Waals surface area contributed by atoms with Gasteiger partial charge in [-0.05, 0) is 29.0 Å². The summed E-state index contributed by atoms with van der Waals surface area (Å²) < 4.78 is 0. The second-order valence-electron chi connectivity index (χ2n) is 4.43. The highest BCUT2D eigenvalue weighted by atomic mass is 35.5. The number of hydrogen-bond donors (Lipinski definition) is 1. The SMILES string of the molecule is Oc1ccc2ccccc2c1C=Nc1ccccc1Cl. The molecule has 0 atom stereocenters. The van der Waals surface area contributed by atoms with Crippen LogP contribution in [0.2, 0.25) is 5.02 Å². The lowest BCUT2D eigenvalue weighted by Gasteiger charge is -2.04. The van der Waals surface area contributed by atoms with Crippen LogP contribution in [-0.4, -0.2) is 11.3 Å². The number of para-hydroxylation sites is 1. The highest BCUT2D eigenvalue weighted by molar-refractivity contribution is 6.33. The van der Waals surface area contributed by atoms with Crippen LogP contribution < -0.4 is 0 Å². The third-order valence-corrected chi connectivity index (χ3v) is 3.45. The third kappa shape index (κ3) is 2.38. The van der Waals surface area contributed by atoms with E-state index in [4.69, 9.17) is 11.6 Å². The summed E-state index contributed by atoms with van der Waals surface area (Å²) in [4.78, 5) is 4.37. The third-order valence-electron chi connectivity index (χ3n) is 3.13. The van der Waals surface area contributed by atoms with Crippen LogP contribution in [0, 0.1) is 0 Å². The van der Waals surface area contributed by atoms with Gasteiger partial charge in [-0.3, -0.25) is 4.99 Å². The molecule has 0 radical (unpaired) electrons. The minimum absolute atomic E-state index is 0.208. The summed E-state index contributed by atoms with van der Waals surface area (Å²) in [5.74, 6) is 0.208. The zero-order valence-electron chi connectivity index (χ0n) is 10.6. The van der Waals surface area contributed by atoms with Crippen molar-refractivity contribution in [1.29, 1.82) is 0 Å². The van der Waals surface area contributed by atoms with Gasteiger partial charge in [-0.15, -0.1) is 0 Å². The van der Waals surface area contributed by atoms with Crippen LogP contribution in [0.4, 0.5) is 5.69 Å². The second-order valence-corrected chi connectivity index (χ2v) is 4.84. The van der Waals surface area contributed by atoms with E-state index in [9.17, 15) is 5.11 Å². The van der Waals surface area contributed by atoms with Gasteiger partial charge in [0.25, 0.3) is 0 Å². The molecule has 0 saturated heterocycles. The molecule has 0 spiro atoms. The van der Waals surface area contributed by atoms with E-state index in [1.165, 1.54) is 0 Å². The van der Waals surface area contributed by atoms with E-state index in [-0.39, 0.29) is 5.75 Å². The highest BCUT2D eigenvalue weighted by Gasteiger charge is 2.04. The van der Waals surface area contributed by atoms with Crippen molar-refractivity contribution < 1.29 is 5.11 Å². The lowest BCUT2D eigenvalue weighted by atomic mass is 10.0. The molecule has 3 aromatic carbocycles. The van der Waals surface area contributed by atoms with Crippen molar-refractivity contribution in [2.24, 2.45) is 4.99 Å². The molecule has 0 heterocycles. The van der Waals surface area contributed by atoms with E-state index in [1.807, 2.05) is 48.5 Å². The Morgan fingerprint density at radius 1 is 0.900 bits per heavy atom. The van der Waals surface area contributed by atoms with E-state index in [0.717, 1.165) is 10.8 Å². The van der Waals surface area contributed by atoms with E-state index in [1.54, 1.807) is 18.3 Å². The number of rotatable bonds is 2. The number of hydrogen-bond acceptors (Lipinski definition) is 2. The summed E-state index contributed by atoms with van der Waals surface area (Å²) in [6.45, 7) is 0. The number of phenolic OH excluding ortho intramolecular Hbond substituents is 1. The predicted molar refractivity (Wildman–Crippen MR) is 84.3 cm³/mol. The molecule has 98 valence electrons. The first-order valence-electron chi connectivity index (χ1n) is 6.25. The molecule has 0 aromatic heterocycles. The fourth-order valence-corrected chi connectivity index (χ4v) is 2.29. The molecule has 0 aliphatic heterocycles. The molecule has 1 N–H and O–H groups in total. The van der Waals surface area contributed by atoms with E-state index < -0.39 is 0 Å². The largest absolute Gasteiger partial charge is 0.507 e. The van der Waals surface area contributed by atoms with Gasteiger partial charge in [0.2, 0.25) is 0 Å². The van der Waals surface area contributed by atoms with E-state index >= 15 is 0 Å². The minimum Gasteiger partial charge on any atom is -0.507 e. The molecular formula is C17H12ClNO. The Labute approximate surface area is 122 Å². The lowest BCUT2D eigenvalue weighted by Crippen LogP contribution is -1.85. The highest BCUT2D eigenvalue weighted by Crippen LogP contribution is 2.28. The van der Waals surface area contributed by atoms with Crippen molar-refractivity contribution >= 4 is 34.3 Å². The van der Waals surface area contributed by atoms with Crippen LogP contribution in [0.15, 0.2) is 65.7 Å². The smallest absolute Gasteiger partial charge is 0.124 e. The first-order chi connectivity index (χ1) is 9.75. The Hall–Kier alpha value is -2.32. The molecule has 3 rings (SSSR count). The number of benzene rings is 3. The molecule has 0 fully saturated rings. The van der Waals surface area contributed by atoms with Crippen LogP contribution in [0.5, 0.6) is 5.75 Å². The van der Waals surface area contributed by atoms with Crippen LogP contribution in [0.25, 0.3) is 10.8 Å². The maximum absolute atomic E-state index is 10.0. The fourth-order valence-electron chi connectivity index (χ4n) is 2.11. The molecule has 3 aromatic rings. The molecule has 0 aliphatic carbocycles. The van der Waals surface area contributed by atoms with Gasteiger partial charge in [0.1, 0.15) is 5.75 Å². The van der Waals surface area contributed by atoms with Crippen molar-refractivity contribution in [1.82, 2.24) is 0 Å². The number of fused-ring (bicyclic) bond motifs is 1. The molecular weight excluding hydrogens is 270 g/mol. The van der Waals surface area contributed by atoms with Crippen LogP contribution in [-0.2, 0) is 0 Å². The molecule has 3 heteroatoms. The van der Waals surface area contributed by atoms with Crippen molar-refractivity contribution in [3.05, 3.63) is 71.2 Å². The van der Waals surface area contributed by atoms with Gasteiger partial charge in [0.15, 0.2) is 0 Å². The van der Waals surface area contributed by atoms with E-state index in [0.29, 0.717) is 16.3 Å². The average molecular weight is 282 g/mol. The lowest BCUT2D eigenvalue weighted by molar-refractivity contribution is 0.475. The maximum atomic E-state index is 10.0. The first kappa shape index (κ1) is 12.7. The summed E-state index contributed by atoms with van der Waals surface area (Å²) >= 11 is 6.07. The molecule has 0 aliphatic rings. The fraction of sp³-hybridized carbons (Fsp3) is 0. The van der Waals surface area contributed by atoms with Crippen molar-refractivity contribution in [2.45, 2.75) is 0 Å². The Morgan fingerprint density at radius 3 is 2.50 bits per heavy atom. The molecule has 0 saturated carbocycles. The zero-order valence-corrected chi connectivity index (χ0v) is 11.4. The van der Waals surface area contributed by atoms with Gasteiger partial charge in [-0.1, -0.05) is 54.1 Å². The van der Waals surface area contributed by atoms with Crippen molar-refractivity contribution in [2.75, 3.05) is 0 Å². The van der Waals surface area contributed by atoms with Gasteiger partial charge >= 0.3 is 0 Å². The van der Waals surface area contributed by atoms with Gasteiger partial charge in [0.05, 0.1) is 10.7 Å². The summed E-state index contributed by atoms with van der Waals surface area (Å²) in [5.41, 5.74) is 1.38. The number of phenols is 1. The van der Waals surface area contributed by atoms with Crippen LogP contribution >= 0.6 is 11.6 Å². The predicted octanol–water partition coefficient (Wildman–Crippen LogP) is 4.95. The molecule has 2 nitrogen and oxygen atoms in total. The summed E-state index contributed by atoms with van der Waals surface area (Å²) in [5, 5.41) is 12.6. The Bertz CT molecular complexity index is 796. The zero-order chi connectivity index (χ0) is 13.9. The average Bonchev–Trinajstić information content (AvgIpc) is 2.48. The normalized spacial score (nSPS) is 11.2. The Kier molecular flexibility index (Phi) is 3.40. The van der Waals surface area contributed by atoms with Crippen LogP contribution in [0.3, 0.4) is 0 Å². The van der Waals surface area contributed by atoms with Gasteiger partial charge in [0, 0.05) is 11.8 Å². The molecule has 0 bridgehead atoms. The number of aromatic hydroxyl groups is 1. The quantitative estimate of drug-likeness (QED) is 0.662. The number of nitrogens with zero attached hydrogens (tertiary/aromatic N) is 1. The second kappa shape index (κ2) is 5.35. The Balaban J connectivity index is 2.11. The van der Waals surface area contributed by atoms with Crippen molar-refractivity contribution in [3.8, 4) is 5.75 Å². The molecule has 0 unspecified atom stereocenters. The number of aliphatic imine (C=N–C) groups is 1. The Morgan fingerprint density at radius 2 is 1.65 bits per heavy atom. The minimum atomic E-state index is 0.208. The maximum Gasteiger partial charge on any atom is 0.124 e. The van der Waals surface area contributed by atoms with E-state index in [2.05, 4.69) is 4.99 Å².